The van der Waals surface area contributed by atoms with Gasteiger partial charge in [0.25, 0.3) is 5.91 Å². The summed E-state index contributed by atoms with van der Waals surface area (Å²) in [6.45, 7) is 4.98. The second-order valence-electron chi connectivity index (χ2n) is 8.08. The first kappa shape index (κ1) is 18.1. The standard InChI is InChI=1S/C26H26N2O/c1-2-23-24-9-5-6-10-25(24)28(26(23)29)22-13-15-27(16-14-22)18-19-11-12-20-7-3-4-8-21(20)17-19/h2-12,17,22H,13-16,18H2,1H3/b23-2-. The topological polar surface area (TPSA) is 23.6 Å². The number of para-hydroxylation sites is 1. The Morgan fingerprint density at radius 2 is 1.66 bits per heavy atom. The van der Waals surface area contributed by atoms with Gasteiger partial charge in [0.05, 0.1) is 5.69 Å². The molecule has 2 aliphatic heterocycles. The van der Waals surface area contributed by atoms with Crippen LogP contribution in [0, 0.1) is 0 Å². The molecule has 0 atom stereocenters. The van der Waals surface area contributed by atoms with E-state index >= 15 is 0 Å². The number of hydrogen-bond donors (Lipinski definition) is 0. The lowest BCUT2D eigenvalue weighted by Crippen LogP contribution is -2.46. The van der Waals surface area contributed by atoms with Crippen LogP contribution < -0.4 is 4.90 Å². The summed E-state index contributed by atoms with van der Waals surface area (Å²) >= 11 is 0. The van der Waals surface area contributed by atoms with Crippen LogP contribution in [0.25, 0.3) is 16.3 Å². The highest BCUT2D eigenvalue weighted by atomic mass is 16.2. The normalized spacial score (nSPS) is 19.3. The first-order valence-corrected chi connectivity index (χ1v) is 10.5. The Hall–Kier alpha value is -2.91. The van der Waals surface area contributed by atoms with Gasteiger partial charge >= 0.3 is 0 Å². The highest BCUT2D eigenvalue weighted by Crippen LogP contribution is 2.39. The molecule has 0 saturated carbocycles. The number of rotatable bonds is 3. The number of carbonyl (C=O) groups is 1. The van der Waals surface area contributed by atoms with Crippen molar-refractivity contribution in [2.75, 3.05) is 18.0 Å². The van der Waals surface area contributed by atoms with E-state index in [0.717, 1.165) is 49.3 Å². The summed E-state index contributed by atoms with van der Waals surface area (Å²) in [4.78, 5) is 17.6. The third kappa shape index (κ3) is 3.26. The summed E-state index contributed by atoms with van der Waals surface area (Å²) in [5.74, 6) is 0.168. The molecule has 1 saturated heterocycles. The van der Waals surface area contributed by atoms with Crippen molar-refractivity contribution in [3.05, 3.63) is 83.9 Å². The van der Waals surface area contributed by atoms with Crippen molar-refractivity contribution in [3.63, 3.8) is 0 Å². The zero-order valence-corrected chi connectivity index (χ0v) is 16.8. The van der Waals surface area contributed by atoms with Gasteiger partial charge in [-0.2, -0.15) is 0 Å². The molecule has 0 N–H and O–H groups in total. The number of allylic oxidation sites excluding steroid dienone is 1. The predicted molar refractivity (Wildman–Crippen MR) is 120 cm³/mol. The lowest BCUT2D eigenvalue weighted by Gasteiger charge is -2.37. The van der Waals surface area contributed by atoms with Gasteiger partial charge in [-0.15, -0.1) is 0 Å². The van der Waals surface area contributed by atoms with Crippen molar-refractivity contribution in [1.82, 2.24) is 4.90 Å². The van der Waals surface area contributed by atoms with Gasteiger partial charge in [0.2, 0.25) is 0 Å². The molecule has 146 valence electrons. The van der Waals surface area contributed by atoms with E-state index in [2.05, 4.69) is 64.4 Å². The molecule has 0 spiro atoms. The Balaban J connectivity index is 1.28. The van der Waals surface area contributed by atoms with E-state index in [1.165, 1.54) is 16.3 Å². The van der Waals surface area contributed by atoms with Gasteiger partial charge < -0.3 is 4.90 Å². The molecule has 0 unspecified atom stereocenters. The van der Waals surface area contributed by atoms with E-state index in [9.17, 15) is 4.79 Å². The van der Waals surface area contributed by atoms with E-state index in [0.29, 0.717) is 0 Å². The summed E-state index contributed by atoms with van der Waals surface area (Å²) in [7, 11) is 0. The number of carbonyl (C=O) groups excluding carboxylic acids is 1. The molecule has 29 heavy (non-hydrogen) atoms. The quantitative estimate of drug-likeness (QED) is 0.577. The average Bonchev–Trinajstić information content (AvgIpc) is 3.05. The SMILES string of the molecule is C/C=C1\C(=O)N(C2CCN(Cc3ccc4ccccc4c3)CC2)c2ccccc21. The zero-order chi connectivity index (χ0) is 19.8. The van der Waals surface area contributed by atoms with Crippen molar-refractivity contribution in [3.8, 4) is 0 Å². The van der Waals surface area contributed by atoms with Crippen LogP contribution in [-0.4, -0.2) is 29.9 Å². The van der Waals surface area contributed by atoms with E-state index in [-0.39, 0.29) is 11.9 Å². The van der Waals surface area contributed by atoms with Crippen molar-refractivity contribution in [1.29, 1.82) is 0 Å². The number of hydrogen-bond acceptors (Lipinski definition) is 2. The van der Waals surface area contributed by atoms with Crippen LogP contribution >= 0.6 is 0 Å². The Labute approximate surface area is 172 Å². The highest BCUT2D eigenvalue weighted by molar-refractivity contribution is 6.32. The van der Waals surface area contributed by atoms with Gasteiger partial charge in [-0.3, -0.25) is 9.69 Å². The van der Waals surface area contributed by atoms with Crippen LogP contribution in [0.4, 0.5) is 5.69 Å². The number of likely N-dealkylation sites (tertiary alicyclic amines) is 1. The maximum Gasteiger partial charge on any atom is 0.258 e. The summed E-state index contributed by atoms with van der Waals surface area (Å²) < 4.78 is 0. The lowest BCUT2D eigenvalue weighted by atomic mass is 10.0. The Bertz CT molecular complexity index is 1090. The molecular weight excluding hydrogens is 356 g/mol. The van der Waals surface area contributed by atoms with Crippen LogP contribution in [0.2, 0.25) is 0 Å². The highest BCUT2D eigenvalue weighted by Gasteiger charge is 2.37. The Morgan fingerprint density at radius 3 is 2.45 bits per heavy atom. The fraction of sp³-hybridized carbons (Fsp3) is 0.269. The van der Waals surface area contributed by atoms with Gasteiger partial charge in [-0.1, -0.05) is 60.7 Å². The molecule has 0 radical (unpaired) electrons. The molecule has 0 aliphatic carbocycles. The smallest absolute Gasteiger partial charge is 0.258 e. The van der Waals surface area contributed by atoms with Crippen molar-refractivity contribution in [2.45, 2.75) is 32.4 Å². The van der Waals surface area contributed by atoms with Crippen LogP contribution in [0.3, 0.4) is 0 Å². The molecular formula is C26H26N2O. The molecule has 3 nitrogen and oxygen atoms in total. The van der Waals surface area contributed by atoms with Gasteiger partial charge in [0.1, 0.15) is 0 Å². The van der Waals surface area contributed by atoms with Gasteiger partial charge in [-0.05, 0) is 48.2 Å². The molecule has 1 fully saturated rings. The van der Waals surface area contributed by atoms with E-state index in [1.54, 1.807) is 0 Å². The Kier molecular flexibility index (Phi) is 4.69. The van der Waals surface area contributed by atoms with Crippen LogP contribution in [-0.2, 0) is 11.3 Å². The fourth-order valence-corrected chi connectivity index (χ4v) is 4.84. The number of benzene rings is 3. The predicted octanol–water partition coefficient (Wildman–Crippen LogP) is 5.25. The maximum atomic E-state index is 13.0. The molecule has 3 heteroatoms. The number of anilines is 1. The first-order chi connectivity index (χ1) is 14.2. The molecule has 0 bridgehead atoms. The van der Waals surface area contributed by atoms with Crippen LogP contribution in [0.5, 0.6) is 0 Å². The summed E-state index contributed by atoms with van der Waals surface area (Å²) in [5, 5.41) is 2.60. The lowest BCUT2D eigenvalue weighted by molar-refractivity contribution is -0.113. The van der Waals surface area contributed by atoms with Gasteiger partial charge in [0, 0.05) is 36.8 Å². The monoisotopic (exact) mass is 382 g/mol. The van der Waals surface area contributed by atoms with Gasteiger partial charge in [-0.25, -0.2) is 0 Å². The van der Waals surface area contributed by atoms with Crippen molar-refractivity contribution < 1.29 is 4.79 Å². The molecule has 1 amide bonds. The number of piperidine rings is 1. The molecule has 0 aromatic heterocycles. The molecule has 5 rings (SSSR count). The third-order valence-electron chi connectivity index (χ3n) is 6.33. The molecule has 2 heterocycles. The first-order valence-electron chi connectivity index (χ1n) is 10.5. The van der Waals surface area contributed by atoms with E-state index in [4.69, 9.17) is 0 Å². The number of nitrogens with zero attached hydrogens (tertiary/aromatic N) is 2. The Morgan fingerprint density at radius 1 is 0.931 bits per heavy atom. The minimum atomic E-state index is 0.168. The number of fused-ring (bicyclic) bond motifs is 2. The molecule has 3 aromatic rings. The minimum Gasteiger partial charge on any atom is -0.305 e. The summed E-state index contributed by atoms with van der Waals surface area (Å²) in [5.41, 5.74) is 4.37. The second kappa shape index (κ2) is 7.49. The summed E-state index contributed by atoms with van der Waals surface area (Å²) in [6.07, 6.45) is 3.99. The summed E-state index contributed by atoms with van der Waals surface area (Å²) in [6, 6.07) is 23.8. The second-order valence-corrected chi connectivity index (χ2v) is 8.08. The zero-order valence-electron chi connectivity index (χ0n) is 16.8. The van der Waals surface area contributed by atoms with Crippen molar-refractivity contribution >= 4 is 27.9 Å². The van der Waals surface area contributed by atoms with E-state index in [1.807, 2.05) is 25.1 Å². The molecule has 2 aliphatic rings. The minimum absolute atomic E-state index is 0.168. The van der Waals surface area contributed by atoms with E-state index < -0.39 is 0 Å². The van der Waals surface area contributed by atoms with Crippen LogP contribution in [0.1, 0.15) is 30.9 Å². The third-order valence-corrected chi connectivity index (χ3v) is 6.33. The number of amides is 1. The van der Waals surface area contributed by atoms with Gasteiger partial charge in [0.15, 0.2) is 0 Å². The van der Waals surface area contributed by atoms with Crippen molar-refractivity contribution in [2.24, 2.45) is 0 Å². The van der Waals surface area contributed by atoms with Crippen LogP contribution in [0.15, 0.2) is 72.8 Å². The average molecular weight is 383 g/mol. The largest absolute Gasteiger partial charge is 0.305 e. The maximum absolute atomic E-state index is 13.0. The fourth-order valence-electron chi connectivity index (χ4n) is 4.84. The molecule has 3 aromatic carbocycles.